The second-order valence-electron chi connectivity index (χ2n) is 8.91. The molecule has 0 atom stereocenters. The van der Waals surface area contributed by atoms with Crippen LogP contribution in [0.15, 0.2) is 91.4 Å². The van der Waals surface area contributed by atoms with Gasteiger partial charge in [-0.15, -0.1) is 0 Å². The van der Waals surface area contributed by atoms with Crippen LogP contribution in [0.2, 0.25) is 5.02 Å². The van der Waals surface area contributed by atoms with Crippen LogP contribution in [-0.4, -0.2) is 51.5 Å². The van der Waals surface area contributed by atoms with Gasteiger partial charge in [-0.2, -0.15) is 0 Å². The first-order chi connectivity index (χ1) is 18.1. The Morgan fingerprint density at radius 3 is 2.27 bits per heavy atom. The van der Waals surface area contributed by atoms with Gasteiger partial charge in [0.25, 0.3) is 5.91 Å². The summed E-state index contributed by atoms with van der Waals surface area (Å²) >= 11 is 6.27. The van der Waals surface area contributed by atoms with Crippen molar-refractivity contribution in [1.82, 2.24) is 19.4 Å². The number of halogens is 2. The van der Waals surface area contributed by atoms with Crippen LogP contribution in [0.4, 0.5) is 10.2 Å². The van der Waals surface area contributed by atoms with E-state index in [-0.39, 0.29) is 11.7 Å². The molecule has 1 amide bonds. The second-order valence-corrected chi connectivity index (χ2v) is 9.32. The molecule has 6 rings (SSSR count). The first kappa shape index (κ1) is 23.2. The Morgan fingerprint density at radius 1 is 0.838 bits per heavy atom. The molecule has 3 heterocycles. The van der Waals surface area contributed by atoms with E-state index in [9.17, 15) is 9.18 Å². The van der Waals surface area contributed by atoms with Gasteiger partial charge in [0.15, 0.2) is 5.65 Å². The Labute approximate surface area is 218 Å². The molecule has 1 aliphatic rings. The predicted octanol–water partition coefficient (Wildman–Crippen LogP) is 5.84. The number of rotatable bonds is 4. The van der Waals surface area contributed by atoms with Crippen molar-refractivity contribution < 1.29 is 9.18 Å². The van der Waals surface area contributed by atoms with Crippen LogP contribution in [0.1, 0.15) is 10.4 Å². The molecule has 0 bridgehead atoms. The van der Waals surface area contributed by atoms with Gasteiger partial charge in [-0.3, -0.25) is 4.79 Å². The Kier molecular flexibility index (Phi) is 6.06. The van der Waals surface area contributed by atoms with E-state index in [4.69, 9.17) is 16.6 Å². The van der Waals surface area contributed by atoms with Crippen LogP contribution in [0, 0.1) is 5.82 Å². The average molecular weight is 512 g/mol. The van der Waals surface area contributed by atoms with E-state index in [1.54, 1.807) is 30.6 Å². The third-order valence-corrected chi connectivity index (χ3v) is 7.05. The fourth-order valence-corrected chi connectivity index (χ4v) is 5.06. The number of aromatic nitrogens is 3. The minimum absolute atomic E-state index is 0.0643. The largest absolute Gasteiger partial charge is 0.352 e. The normalized spacial score (nSPS) is 13.8. The SMILES string of the molecule is O=C(c1ccccc1Cl)N1CCN(c2ncnc3c2c(-c2ccccc2)cn3-c2ccc(F)cc2)CC1. The van der Waals surface area contributed by atoms with Gasteiger partial charge >= 0.3 is 0 Å². The zero-order valence-electron chi connectivity index (χ0n) is 19.9. The van der Waals surface area contributed by atoms with Crippen molar-refractivity contribution in [2.75, 3.05) is 31.1 Å². The van der Waals surface area contributed by atoms with Gasteiger partial charge in [0, 0.05) is 43.6 Å². The van der Waals surface area contributed by atoms with Crippen LogP contribution < -0.4 is 4.90 Å². The van der Waals surface area contributed by atoms with Gasteiger partial charge in [-0.05, 0) is 42.0 Å². The number of piperazine rings is 1. The van der Waals surface area contributed by atoms with E-state index in [1.807, 2.05) is 46.0 Å². The molecule has 5 aromatic rings. The van der Waals surface area contributed by atoms with Gasteiger partial charge < -0.3 is 14.4 Å². The number of fused-ring (bicyclic) bond motifs is 1. The highest BCUT2D eigenvalue weighted by molar-refractivity contribution is 6.33. The molecule has 0 spiro atoms. The smallest absolute Gasteiger partial charge is 0.255 e. The second kappa shape index (κ2) is 9.67. The van der Waals surface area contributed by atoms with Crippen LogP contribution >= 0.6 is 11.6 Å². The quantitative estimate of drug-likeness (QED) is 0.304. The molecule has 0 N–H and O–H groups in total. The lowest BCUT2D eigenvalue weighted by Gasteiger charge is -2.35. The third-order valence-electron chi connectivity index (χ3n) is 6.72. The summed E-state index contributed by atoms with van der Waals surface area (Å²) in [4.78, 5) is 26.4. The molecule has 3 aromatic carbocycles. The maximum absolute atomic E-state index is 13.6. The van der Waals surface area contributed by atoms with Crippen LogP contribution in [0.5, 0.6) is 0 Å². The molecule has 8 heteroatoms. The Morgan fingerprint density at radius 2 is 1.54 bits per heavy atom. The number of hydrogen-bond acceptors (Lipinski definition) is 4. The first-order valence-electron chi connectivity index (χ1n) is 12.1. The minimum atomic E-state index is -0.289. The van der Waals surface area contributed by atoms with Crippen LogP contribution in [0.25, 0.3) is 27.8 Å². The number of amides is 1. The van der Waals surface area contributed by atoms with E-state index in [0.29, 0.717) is 36.8 Å². The molecule has 0 aliphatic carbocycles. The fraction of sp³-hybridized carbons (Fsp3) is 0.138. The van der Waals surface area contributed by atoms with Crippen molar-refractivity contribution in [3.63, 3.8) is 0 Å². The summed E-state index contributed by atoms with van der Waals surface area (Å²) < 4.78 is 15.6. The average Bonchev–Trinajstić information content (AvgIpc) is 3.34. The number of carbonyl (C=O) groups is 1. The Balaban J connectivity index is 1.38. The molecular formula is C29H23ClFN5O. The monoisotopic (exact) mass is 511 g/mol. The molecule has 1 aliphatic heterocycles. The number of carbonyl (C=O) groups excluding carboxylic acids is 1. The van der Waals surface area contributed by atoms with Crippen LogP contribution in [-0.2, 0) is 0 Å². The molecule has 2 aromatic heterocycles. The van der Waals surface area contributed by atoms with Crippen molar-refractivity contribution in [2.45, 2.75) is 0 Å². The summed E-state index contributed by atoms with van der Waals surface area (Å²) in [5, 5.41) is 1.38. The summed E-state index contributed by atoms with van der Waals surface area (Å²) in [6, 6.07) is 23.6. The van der Waals surface area contributed by atoms with Crippen molar-refractivity contribution in [1.29, 1.82) is 0 Å². The summed E-state index contributed by atoms with van der Waals surface area (Å²) in [7, 11) is 0. The summed E-state index contributed by atoms with van der Waals surface area (Å²) in [5.41, 5.74) is 4.10. The Bertz CT molecular complexity index is 1580. The lowest BCUT2D eigenvalue weighted by Crippen LogP contribution is -2.49. The molecular weight excluding hydrogens is 489 g/mol. The molecule has 1 saturated heterocycles. The lowest BCUT2D eigenvalue weighted by molar-refractivity contribution is 0.0747. The summed E-state index contributed by atoms with van der Waals surface area (Å²) in [5.74, 6) is 0.461. The van der Waals surface area contributed by atoms with E-state index in [2.05, 4.69) is 22.0 Å². The molecule has 0 saturated carbocycles. The summed E-state index contributed by atoms with van der Waals surface area (Å²) in [6.07, 6.45) is 3.59. The number of nitrogens with zero attached hydrogens (tertiary/aromatic N) is 5. The maximum Gasteiger partial charge on any atom is 0.255 e. The molecule has 1 fully saturated rings. The maximum atomic E-state index is 13.6. The van der Waals surface area contributed by atoms with E-state index in [1.165, 1.54) is 12.1 Å². The topological polar surface area (TPSA) is 54.3 Å². The van der Waals surface area contributed by atoms with Gasteiger partial charge in [-0.1, -0.05) is 54.1 Å². The number of hydrogen-bond donors (Lipinski definition) is 0. The van der Waals surface area contributed by atoms with E-state index < -0.39 is 0 Å². The molecule has 0 unspecified atom stereocenters. The number of benzene rings is 3. The molecule has 184 valence electrons. The Hall–Kier alpha value is -4.23. The van der Waals surface area contributed by atoms with E-state index in [0.717, 1.165) is 33.7 Å². The molecule has 37 heavy (non-hydrogen) atoms. The number of anilines is 1. The summed E-state index contributed by atoms with van der Waals surface area (Å²) in [6.45, 7) is 2.35. The van der Waals surface area contributed by atoms with E-state index >= 15 is 0 Å². The fourth-order valence-electron chi connectivity index (χ4n) is 4.85. The first-order valence-corrected chi connectivity index (χ1v) is 12.4. The van der Waals surface area contributed by atoms with Crippen molar-refractivity contribution in [3.05, 3.63) is 108 Å². The van der Waals surface area contributed by atoms with Gasteiger partial charge in [0.05, 0.1) is 16.0 Å². The zero-order chi connectivity index (χ0) is 25.4. The van der Waals surface area contributed by atoms with Gasteiger partial charge in [0.2, 0.25) is 0 Å². The van der Waals surface area contributed by atoms with Crippen molar-refractivity contribution in [3.8, 4) is 16.8 Å². The standard InChI is InChI=1S/C29H23ClFN5O/c30-25-9-5-4-8-23(25)29(37)35-16-14-34(15-17-35)27-26-24(20-6-2-1-3-7-20)18-36(28(26)33-19-32-27)22-12-10-21(31)11-13-22/h1-13,18-19H,14-17H2. The van der Waals surface area contributed by atoms with Gasteiger partial charge in [-0.25, -0.2) is 14.4 Å². The highest BCUT2D eigenvalue weighted by Gasteiger charge is 2.27. The lowest BCUT2D eigenvalue weighted by atomic mass is 10.1. The van der Waals surface area contributed by atoms with Gasteiger partial charge in [0.1, 0.15) is 18.0 Å². The highest BCUT2D eigenvalue weighted by Crippen LogP contribution is 2.37. The molecule has 6 nitrogen and oxygen atoms in total. The minimum Gasteiger partial charge on any atom is -0.352 e. The van der Waals surface area contributed by atoms with Crippen LogP contribution in [0.3, 0.4) is 0 Å². The van der Waals surface area contributed by atoms with Crippen molar-refractivity contribution in [2.24, 2.45) is 0 Å². The van der Waals surface area contributed by atoms with Crippen molar-refractivity contribution >= 4 is 34.4 Å². The highest BCUT2D eigenvalue weighted by atomic mass is 35.5. The predicted molar refractivity (Wildman–Crippen MR) is 144 cm³/mol. The molecule has 0 radical (unpaired) electrons. The third kappa shape index (κ3) is 4.32. The zero-order valence-corrected chi connectivity index (χ0v) is 20.6.